The lowest BCUT2D eigenvalue weighted by atomic mass is 10.0. The standard InChI is InChI=1S/C34H37FN8O2/c1-2-13-40-14-10-28(11-15-40)42-23-37-33(24-3-5-26(35)6-4-24)34(42)29-7-8-31-38-27(22-43(31)39-29)21-30(44)25-9-12-36-32(20-25)41-16-18-45-19-17-41/h3-9,12,20,22-23,28H,2,10-11,13-19,21H2,1H3. The summed E-state index contributed by atoms with van der Waals surface area (Å²) in [6, 6.07) is 14.2. The molecule has 0 unspecified atom stereocenters. The molecule has 7 rings (SSSR count). The number of morpholine rings is 1. The highest BCUT2D eigenvalue weighted by molar-refractivity contribution is 5.98. The summed E-state index contributed by atoms with van der Waals surface area (Å²) < 4.78 is 23.2. The van der Waals surface area contributed by atoms with Crippen LogP contribution in [0.1, 0.15) is 48.3 Å². The molecule has 0 N–H and O–H groups in total. The summed E-state index contributed by atoms with van der Waals surface area (Å²) >= 11 is 0. The monoisotopic (exact) mass is 608 g/mol. The van der Waals surface area contributed by atoms with Crippen molar-refractivity contribution in [3.63, 3.8) is 0 Å². The van der Waals surface area contributed by atoms with Crippen LogP contribution in [0.3, 0.4) is 0 Å². The number of piperidine rings is 1. The molecule has 10 nitrogen and oxygen atoms in total. The zero-order chi connectivity index (χ0) is 30.8. The molecule has 0 radical (unpaired) electrons. The van der Waals surface area contributed by atoms with Crippen LogP contribution in [0.2, 0.25) is 0 Å². The maximum Gasteiger partial charge on any atom is 0.169 e. The number of aromatic nitrogens is 6. The normalized spacial score (nSPS) is 16.4. The first-order chi connectivity index (χ1) is 22.1. The van der Waals surface area contributed by atoms with Gasteiger partial charge in [0.2, 0.25) is 0 Å². The van der Waals surface area contributed by atoms with Gasteiger partial charge in [-0.25, -0.2) is 23.9 Å². The van der Waals surface area contributed by atoms with E-state index in [0.717, 1.165) is 80.4 Å². The number of fused-ring (bicyclic) bond motifs is 1. The van der Waals surface area contributed by atoms with Gasteiger partial charge >= 0.3 is 0 Å². The van der Waals surface area contributed by atoms with E-state index >= 15 is 0 Å². The molecule has 6 heterocycles. The minimum absolute atomic E-state index is 0.0263. The van der Waals surface area contributed by atoms with Crippen molar-refractivity contribution in [2.24, 2.45) is 0 Å². The Morgan fingerprint density at radius 1 is 1.00 bits per heavy atom. The van der Waals surface area contributed by atoms with E-state index < -0.39 is 0 Å². The van der Waals surface area contributed by atoms with E-state index in [1.54, 1.807) is 28.9 Å². The molecule has 45 heavy (non-hydrogen) atoms. The predicted octanol–water partition coefficient (Wildman–Crippen LogP) is 5.10. The summed E-state index contributed by atoms with van der Waals surface area (Å²) in [6.07, 6.45) is 8.75. The third kappa shape index (κ3) is 6.23. The fourth-order valence-electron chi connectivity index (χ4n) is 6.41. The van der Waals surface area contributed by atoms with Crippen molar-refractivity contribution in [3.8, 4) is 22.6 Å². The molecular weight excluding hydrogens is 571 g/mol. The summed E-state index contributed by atoms with van der Waals surface area (Å²) in [5, 5.41) is 4.97. The molecule has 232 valence electrons. The number of rotatable bonds is 9. The Morgan fingerprint density at radius 3 is 2.58 bits per heavy atom. The minimum atomic E-state index is -0.285. The van der Waals surface area contributed by atoms with Crippen LogP contribution in [0.4, 0.5) is 10.2 Å². The Kier molecular flexibility index (Phi) is 8.36. The molecule has 2 fully saturated rings. The Hall–Kier alpha value is -4.48. The number of hydrogen-bond donors (Lipinski definition) is 0. The molecular formula is C34H37FN8O2. The third-order valence-electron chi connectivity index (χ3n) is 8.76. The fraction of sp³-hybridized carbons (Fsp3) is 0.382. The van der Waals surface area contributed by atoms with Gasteiger partial charge in [0.15, 0.2) is 11.4 Å². The molecule has 0 spiro atoms. The highest BCUT2D eigenvalue weighted by atomic mass is 19.1. The van der Waals surface area contributed by atoms with Crippen LogP contribution in [0.5, 0.6) is 0 Å². The van der Waals surface area contributed by atoms with Gasteiger partial charge in [0.05, 0.1) is 49.2 Å². The largest absolute Gasteiger partial charge is 0.378 e. The second-order valence-corrected chi connectivity index (χ2v) is 11.8. The Balaban J connectivity index is 1.17. The van der Waals surface area contributed by atoms with Gasteiger partial charge in [0.1, 0.15) is 17.3 Å². The van der Waals surface area contributed by atoms with Gasteiger partial charge in [-0.05, 0) is 74.3 Å². The van der Waals surface area contributed by atoms with E-state index in [1.165, 1.54) is 12.1 Å². The second-order valence-electron chi connectivity index (χ2n) is 11.8. The number of Topliss-reactive ketones (excluding diaryl/α,β-unsaturated/α-hetero) is 1. The molecule has 0 atom stereocenters. The average molecular weight is 609 g/mol. The van der Waals surface area contributed by atoms with Crippen molar-refractivity contribution in [1.29, 1.82) is 0 Å². The molecule has 11 heteroatoms. The first-order valence-electron chi connectivity index (χ1n) is 15.8. The van der Waals surface area contributed by atoms with Crippen molar-refractivity contribution in [2.75, 3.05) is 50.8 Å². The van der Waals surface area contributed by atoms with Crippen molar-refractivity contribution < 1.29 is 13.9 Å². The lowest BCUT2D eigenvalue weighted by Gasteiger charge is -2.33. The molecule has 4 aromatic heterocycles. The quantitative estimate of drug-likeness (QED) is 0.214. The number of ketones is 1. The SMILES string of the molecule is CCCN1CCC(n2cnc(-c3ccc(F)cc3)c2-c2ccc3nc(CC(=O)c4ccnc(N5CCOCC5)c4)cn3n2)CC1. The lowest BCUT2D eigenvalue weighted by Crippen LogP contribution is -2.36. The number of carbonyl (C=O) groups excluding carboxylic acids is 1. The number of halogens is 1. The Morgan fingerprint density at radius 2 is 1.80 bits per heavy atom. The third-order valence-corrected chi connectivity index (χ3v) is 8.76. The Labute approximate surface area is 261 Å². The number of likely N-dealkylation sites (tertiary alicyclic amines) is 1. The van der Waals surface area contributed by atoms with Gasteiger partial charge in [0.25, 0.3) is 0 Å². The fourth-order valence-corrected chi connectivity index (χ4v) is 6.41. The summed E-state index contributed by atoms with van der Waals surface area (Å²) in [6.45, 7) is 8.23. The van der Waals surface area contributed by atoms with Crippen LogP contribution in [-0.4, -0.2) is 85.8 Å². The number of anilines is 1. The summed E-state index contributed by atoms with van der Waals surface area (Å²) in [5.41, 5.74) is 5.15. The zero-order valence-corrected chi connectivity index (χ0v) is 25.5. The molecule has 2 aliphatic rings. The maximum atomic E-state index is 13.8. The van der Waals surface area contributed by atoms with E-state index in [0.29, 0.717) is 30.1 Å². The van der Waals surface area contributed by atoms with Crippen LogP contribution < -0.4 is 4.90 Å². The van der Waals surface area contributed by atoms with E-state index in [9.17, 15) is 9.18 Å². The molecule has 5 aromatic rings. The van der Waals surface area contributed by atoms with Gasteiger partial charge < -0.3 is 19.1 Å². The number of benzene rings is 1. The molecule has 2 aliphatic heterocycles. The van der Waals surface area contributed by atoms with Crippen LogP contribution >= 0.6 is 0 Å². The van der Waals surface area contributed by atoms with E-state index in [1.807, 2.05) is 30.7 Å². The molecule has 0 saturated carbocycles. The number of pyridine rings is 1. The predicted molar refractivity (Wildman–Crippen MR) is 170 cm³/mol. The summed E-state index contributed by atoms with van der Waals surface area (Å²) in [4.78, 5) is 32.0. The highest BCUT2D eigenvalue weighted by Crippen LogP contribution is 2.35. The van der Waals surface area contributed by atoms with E-state index in [-0.39, 0.29) is 24.1 Å². The minimum Gasteiger partial charge on any atom is -0.378 e. The second kappa shape index (κ2) is 12.9. The molecule has 0 amide bonds. The van der Waals surface area contributed by atoms with Gasteiger partial charge in [-0.1, -0.05) is 6.92 Å². The zero-order valence-electron chi connectivity index (χ0n) is 25.5. The van der Waals surface area contributed by atoms with Gasteiger partial charge in [0, 0.05) is 49.5 Å². The highest BCUT2D eigenvalue weighted by Gasteiger charge is 2.26. The number of ether oxygens (including phenoxy) is 1. The van der Waals surface area contributed by atoms with Crippen molar-refractivity contribution in [2.45, 2.75) is 38.6 Å². The van der Waals surface area contributed by atoms with E-state index in [2.05, 4.69) is 26.3 Å². The number of hydrogen-bond acceptors (Lipinski definition) is 8. The molecule has 1 aromatic carbocycles. The smallest absolute Gasteiger partial charge is 0.169 e. The topological polar surface area (TPSA) is 93.7 Å². The summed E-state index contributed by atoms with van der Waals surface area (Å²) in [7, 11) is 0. The van der Waals surface area contributed by atoms with Crippen LogP contribution in [-0.2, 0) is 11.2 Å². The lowest BCUT2D eigenvalue weighted by molar-refractivity contribution is 0.0992. The first kappa shape index (κ1) is 29.2. The number of nitrogens with zero attached hydrogens (tertiary/aromatic N) is 8. The summed E-state index contributed by atoms with van der Waals surface area (Å²) in [5.74, 6) is 0.476. The van der Waals surface area contributed by atoms with Gasteiger partial charge in [-0.3, -0.25) is 4.79 Å². The van der Waals surface area contributed by atoms with Crippen molar-refractivity contribution in [3.05, 3.63) is 84.3 Å². The Bertz CT molecular complexity index is 1790. The van der Waals surface area contributed by atoms with Crippen molar-refractivity contribution >= 4 is 17.2 Å². The molecule has 0 aliphatic carbocycles. The van der Waals surface area contributed by atoms with Crippen LogP contribution in [0.15, 0.2) is 67.3 Å². The van der Waals surface area contributed by atoms with Crippen molar-refractivity contribution in [1.82, 2.24) is 34.0 Å². The van der Waals surface area contributed by atoms with Crippen LogP contribution in [0.25, 0.3) is 28.3 Å². The first-order valence-corrected chi connectivity index (χ1v) is 15.8. The van der Waals surface area contributed by atoms with Gasteiger partial charge in [-0.15, -0.1) is 0 Å². The maximum absolute atomic E-state index is 13.8. The van der Waals surface area contributed by atoms with E-state index in [4.69, 9.17) is 19.8 Å². The molecule has 0 bridgehead atoms. The number of imidazole rings is 2. The average Bonchev–Trinajstić information content (AvgIpc) is 3.70. The van der Waals surface area contributed by atoms with Crippen LogP contribution in [0, 0.1) is 5.82 Å². The number of carbonyl (C=O) groups is 1. The molecule has 2 saturated heterocycles. The van der Waals surface area contributed by atoms with Gasteiger partial charge in [-0.2, -0.15) is 5.10 Å².